The molecule has 0 spiro atoms. The van der Waals surface area contributed by atoms with Crippen LogP contribution in [0.4, 0.5) is 0 Å². The lowest BCUT2D eigenvalue weighted by Crippen LogP contribution is -2.14. The second-order valence-corrected chi connectivity index (χ2v) is 18.8. The van der Waals surface area contributed by atoms with Crippen LogP contribution in [0.15, 0.2) is 152 Å². The Kier molecular flexibility index (Phi) is 10.7. The second kappa shape index (κ2) is 17.8. The molecule has 0 saturated heterocycles. The van der Waals surface area contributed by atoms with E-state index in [2.05, 4.69) is 65.6 Å². The quantitative estimate of drug-likeness (QED) is 0.0879. The van der Waals surface area contributed by atoms with Crippen molar-refractivity contribution in [2.24, 2.45) is 0 Å². The van der Waals surface area contributed by atoms with Gasteiger partial charge < -0.3 is 29.5 Å². The minimum absolute atomic E-state index is 0.00152. The highest BCUT2D eigenvalue weighted by atomic mass is 16.5. The van der Waals surface area contributed by atoms with Gasteiger partial charge in [-0.1, -0.05) is 84.9 Å². The maximum atomic E-state index is 11.8. The van der Waals surface area contributed by atoms with Gasteiger partial charge in [0.1, 0.15) is 41.0 Å². The van der Waals surface area contributed by atoms with Crippen LogP contribution >= 0.6 is 0 Å². The summed E-state index contributed by atoms with van der Waals surface area (Å²) >= 11 is 0. The van der Waals surface area contributed by atoms with Crippen LogP contribution in [0.5, 0.6) is 40.8 Å². The summed E-state index contributed by atoms with van der Waals surface area (Å²) in [7, 11) is 0. The average Bonchev–Trinajstić information content (AvgIpc) is 4.12. The molecule has 13 rings (SSSR count). The van der Waals surface area contributed by atoms with Crippen molar-refractivity contribution in [3.05, 3.63) is 152 Å². The Hall–Kier alpha value is -8.90. The predicted octanol–water partition coefficient (Wildman–Crippen LogP) is 14.0. The molecular weight excluding hydrogens is 901 g/mol. The van der Waals surface area contributed by atoms with Crippen molar-refractivity contribution >= 4 is 53.9 Å². The van der Waals surface area contributed by atoms with Crippen molar-refractivity contribution in [2.45, 2.75) is 63.6 Å². The maximum absolute atomic E-state index is 11.8. The monoisotopic (exact) mass is 946 g/mol. The van der Waals surface area contributed by atoms with Gasteiger partial charge in [-0.15, -0.1) is 0 Å². The van der Waals surface area contributed by atoms with Gasteiger partial charge in [-0.3, -0.25) is 0 Å². The Morgan fingerprint density at radius 1 is 0.361 bits per heavy atom. The zero-order valence-electron chi connectivity index (χ0n) is 39.0. The number of aromatic hydroxyl groups is 3. The van der Waals surface area contributed by atoms with E-state index >= 15 is 0 Å². The fourth-order valence-corrected chi connectivity index (χ4v) is 10.6. The van der Waals surface area contributed by atoms with Gasteiger partial charge in [0.25, 0.3) is 0 Å². The molecule has 2 saturated carbocycles. The average molecular weight is 947 g/mol. The van der Waals surface area contributed by atoms with Gasteiger partial charge in [0.05, 0.1) is 11.1 Å². The van der Waals surface area contributed by atoms with Crippen molar-refractivity contribution in [1.82, 2.24) is 29.9 Å². The molecule has 0 atom stereocenters. The zero-order valence-corrected chi connectivity index (χ0v) is 39.0. The fraction of sp³-hybridized carbons (Fsp3) is 0.167. The highest BCUT2D eigenvalue weighted by Crippen LogP contribution is 2.43. The van der Waals surface area contributed by atoms with Crippen LogP contribution in [0, 0.1) is 0 Å². The van der Waals surface area contributed by atoms with E-state index in [0.717, 1.165) is 116 Å². The summed E-state index contributed by atoms with van der Waals surface area (Å²) in [6.07, 6.45) is 7.90. The van der Waals surface area contributed by atoms with Crippen molar-refractivity contribution in [3.8, 4) is 86.3 Å². The Morgan fingerprint density at radius 2 is 0.861 bits per heavy atom. The standard InChI is InChI=1S/C60H46N6O6/c67-37-22-26-47(52(68)30-37)55-61-57(65-59(63-55)71-38-14-4-5-15-38)51-33-50-42-18-8-1-11-34(42)21-25-45(50)49-31-40(23-27-46(49)51)70-41-24-28-48(53(69)32-41)56-62-58(66-60(64-56)72-39-16-6-7-17-39)54-43-19-9-2-12-35(43)29-36-13-3-10-20-44(36)54/h1-3,8-13,18-33,38-39,67-69H,4-7,14-17H2. The number of ether oxygens (including phenoxy) is 3. The molecule has 3 N–H and O–H groups in total. The summed E-state index contributed by atoms with van der Waals surface area (Å²) in [5.74, 6) is 1.95. The molecule has 11 aromatic rings. The van der Waals surface area contributed by atoms with Crippen LogP contribution in [0.2, 0.25) is 0 Å². The van der Waals surface area contributed by atoms with Crippen LogP contribution in [0.3, 0.4) is 0 Å². The molecular formula is C60H46N6O6. The Balaban J connectivity index is 0.909. The summed E-state index contributed by atoms with van der Waals surface area (Å²) in [5.41, 5.74) is 2.33. The third-order valence-corrected chi connectivity index (χ3v) is 14.1. The number of hydrogen-bond acceptors (Lipinski definition) is 12. The predicted molar refractivity (Wildman–Crippen MR) is 280 cm³/mol. The van der Waals surface area contributed by atoms with Gasteiger partial charge in [0.2, 0.25) is 0 Å². The topological polar surface area (TPSA) is 166 Å². The van der Waals surface area contributed by atoms with Crippen molar-refractivity contribution in [2.75, 3.05) is 0 Å². The molecule has 0 amide bonds. The number of nitrogens with zero attached hydrogens (tertiary/aromatic N) is 6. The smallest absolute Gasteiger partial charge is 0.320 e. The molecule has 2 heterocycles. The van der Waals surface area contributed by atoms with Crippen molar-refractivity contribution in [3.63, 3.8) is 0 Å². The number of rotatable bonds is 10. The van der Waals surface area contributed by atoms with Crippen LogP contribution in [-0.4, -0.2) is 57.4 Å². The number of phenols is 3. The summed E-state index contributed by atoms with van der Waals surface area (Å²) in [6, 6.07) is 48.9. The third kappa shape index (κ3) is 8.00. The van der Waals surface area contributed by atoms with Crippen molar-refractivity contribution < 1.29 is 29.5 Å². The molecule has 2 fully saturated rings. The van der Waals surface area contributed by atoms with Crippen LogP contribution in [0.25, 0.3) is 99.4 Å². The van der Waals surface area contributed by atoms with E-state index in [1.54, 1.807) is 24.3 Å². The van der Waals surface area contributed by atoms with Crippen LogP contribution in [0.1, 0.15) is 51.4 Å². The Morgan fingerprint density at radius 3 is 1.50 bits per heavy atom. The third-order valence-electron chi connectivity index (χ3n) is 14.1. The normalized spacial score (nSPS) is 14.3. The van der Waals surface area contributed by atoms with E-state index in [4.69, 9.17) is 39.1 Å². The molecule has 2 aromatic heterocycles. The molecule has 0 bridgehead atoms. The van der Waals surface area contributed by atoms with E-state index in [9.17, 15) is 15.3 Å². The van der Waals surface area contributed by atoms with Gasteiger partial charge in [0.15, 0.2) is 23.3 Å². The largest absolute Gasteiger partial charge is 0.508 e. The van der Waals surface area contributed by atoms with E-state index in [1.165, 1.54) is 12.1 Å². The number of phenolic OH excluding ortho intramolecular Hbond substituents is 3. The first-order chi connectivity index (χ1) is 35.3. The molecule has 2 aliphatic carbocycles. The number of aromatic nitrogens is 6. The number of hydrogen-bond donors (Lipinski definition) is 3. The lowest BCUT2D eigenvalue weighted by atomic mass is 9.93. The highest BCUT2D eigenvalue weighted by Gasteiger charge is 2.25. The van der Waals surface area contributed by atoms with E-state index in [1.807, 2.05) is 54.6 Å². The fourth-order valence-electron chi connectivity index (χ4n) is 10.6. The molecule has 12 nitrogen and oxygen atoms in total. The summed E-state index contributed by atoms with van der Waals surface area (Å²) in [4.78, 5) is 29.4. The first-order valence-electron chi connectivity index (χ1n) is 24.5. The van der Waals surface area contributed by atoms with Gasteiger partial charge in [0, 0.05) is 23.3 Å². The number of fused-ring (bicyclic) bond motifs is 7. The van der Waals surface area contributed by atoms with Gasteiger partial charge in [-0.2, -0.15) is 19.9 Å². The molecule has 72 heavy (non-hydrogen) atoms. The Labute approximate surface area is 413 Å². The lowest BCUT2D eigenvalue weighted by molar-refractivity contribution is 0.192. The summed E-state index contributed by atoms with van der Waals surface area (Å²) in [6.45, 7) is 0. The SMILES string of the molecule is Oc1ccc(-c2nc(OC3CCCC3)nc(-c3cc4c5ccccc5ccc4c4cc(Oc5ccc(-c6nc(OC7CCCC7)nc(-c7c8ccccc8cc8ccccc78)n6)c(O)c5)ccc34)n2)c(O)c1. The minimum Gasteiger partial charge on any atom is -0.508 e. The summed E-state index contributed by atoms with van der Waals surface area (Å²) < 4.78 is 19.4. The molecule has 9 aromatic carbocycles. The molecule has 12 heteroatoms. The van der Waals surface area contributed by atoms with Gasteiger partial charge in [-0.25, -0.2) is 9.97 Å². The number of benzene rings is 9. The first kappa shape index (κ1) is 43.1. The summed E-state index contributed by atoms with van der Waals surface area (Å²) in [5, 5.41) is 42.9. The molecule has 0 radical (unpaired) electrons. The maximum Gasteiger partial charge on any atom is 0.320 e. The van der Waals surface area contributed by atoms with E-state index in [-0.39, 0.29) is 53.1 Å². The molecule has 0 unspecified atom stereocenters. The van der Waals surface area contributed by atoms with Crippen LogP contribution < -0.4 is 14.2 Å². The first-order valence-corrected chi connectivity index (χ1v) is 24.5. The highest BCUT2D eigenvalue weighted by molar-refractivity contribution is 6.21. The molecule has 0 aliphatic heterocycles. The van der Waals surface area contributed by atoms with Crippen molar-refractivity contribution in [1.29, 1.82) is 0 Å². The van der Waals surface area contributed by atoms with Crippen LogP contribution in [-0.2, 0) is 0 Å². The van der Waals surface area contributed by atoms with Gasteiger partial charge in [-0.05, 0) is 160 Å². The Bertz CT molecular complexity index is 3890. The minimum atomic E-state index is -0.167. The second-order valence-electron chi connectivity index (χ2n) is 18.8. The van der Waals surface area contributed by atoms with E-state index < -0.39 is 0 Å². The zero-order chi connectivity index (χ0) is 48.3. The van der Waals surface area contributed by atoms with E-state index in [0.29, 0.717) is 34.3 Å². The molecule has 2 aliphatic rings. The molecule has 352 valence electrons. The van der Waals surface area contributed by atoms with Gasteiger partial charge >= 0.3 is 12.0 Å². The lowest BCUT2D eigenvalue weighted by Gasteiger charge is -2.16.